The summed E-state index contributed by atoms with van der Waals surface area (Å²) < 4.78 is 1.91. The first-order valence-corrected chi connectivity index (χ1v) is 12.8. The molecule has 3 aromatic rings. The van der Waals surface area contributed by atoms with Gasteiger partial charge in [0.05, 0.1) is 12.2 Å². The van der Waals surface area contributed by atoms with Gasteiger partial charge in [-0.1, -0.05) is 91.7 Å². The van der Waals surface area contributed by atoms with Crippen LogP contribution in [0.2, 0.25) is 0 Å². The van der Waals surface area contributed by atoms with Crippen LogP contribution in [0.1, 0.15) is 54.7 Å². The number of rotatable bonds is 6. The van der Waals surface area contributed by atoms with Gasteiger partial charge >= 0.3 is 0 Å². The maximum atomic E-state index is 14.1. The number of aromatic nitrogens is 2. The van der Waals surface area contributed by atoms with Crippen LogP contribution in [0, 0.1) is 5.92 Å². The molecule has 1 atom stereocenters. The van der Waals surface area contributed by atoms with E-state index in [2.05, 4.69) is 43.0 Å². The maximum Gasteiger partial charge on any atom is 0.258 e. The molecule has 2 aromatic carbocycles. The van der Waals surface area contributed by atoms with Crippen molar-refractivity contribution in [3.05, 3.63) is 94.3 Å². The fourth-order valence-corrected chi connectivity index (χ4v) is 6.17. The van der Waals surface area contributed by atoms with E-state index < -0.39 is 0 Å². The van der Waals surface area contributed by atoms with E-state index >= 15 is 0 Å². The Kier molecular flexibility index (Phi) is 6.31. The standard InChI is InChI=1S/C28H30N2OS/c1-2-17-32-28-29-26-23-16-10-9-15-22(23)18-24(21-13-7-4-8-14-21)25(26)27(31)30(28)19-20-11-5-3-6-12-20/h2-3,5-6,9-12,15-16,21,24H,1,4,7-8,13-14,17-19H2. The summed E-state index contributed by atoms with van der Waals surface area (Å²) in [4.78, 5) is 19.3. The Morgan fingerprint density at radius 1 is 1.03 bits per heavy atom. The summed E-state index contributed by atoms with van der Waals surface area (Å²) in [6.07, 6.45) is 9.14. The summed E-state index contributed by atoms with van der Waals surface area (Å²) in [6.45, 7) is 4.43. The van der Waals surface area contributed by atoms with E-state index in [9.17, 15) is 4.79 Å². The molecule has 164 valence electrons. The van der Waals surface area contributed by atoms with Crippen molar-refractivity contribution in [2.75, 3.05) is 5.75 Å². The minimum absolute atomic E-state index is 0.149. The SMILES string of the molecule is C=CCSc1nc2c(c(=O)n1Cc1ccccc1)C(C1CCCCC1)Cc1ccccc1-2. The Bertz CT molecular complexity index is 1160. The third kappa shape index (κ3) is 4.09. The largest absolute Gasteiger partial charge is 0.283 e. The fourth-order valence-electron chi connectivity index (χ4n) is 5.45. The first-order valence-electron chi connectivity index (χ1n) is 11.8. The van der Waals surface area contributed by atoms with Crippen LogP contribution < -0.4 is 5.56 Å². The molecule has 2 aliphatic carbocycles. The molecule has 4 heteroatoms. The zero-order chi connectivity index (χ0) is 21.9. The highest BCUT2D eigenvalue weighted by Crippen LogP contribution is 2.45. The lowest BCUT2D eigenvalue weighted by molar-refractivity contribution is 0.298. The Morgan fingerprint density at radius 2 is 1.78 bits per heavy atom. The van der Waals surface area contributed by atoms with Gasteiger partial charge in [0.25, 0.3) is 5.56 Å². The third-order valence-electron chi connectivity index (χ3n) is 6.98. The molecule has 2 aliphatic rings. The third-order valence-corrected chi connectivity index (χ3v) is 7.96. The average molecular weight is 443 g/mol. The van der Waals surface area contributed by atoms with Crippen LogP contribution in [0.3, 0.4) is 0 Å². The molecule has 32 heavy (non-hydrogen) atoms. The van der Waals surface area contributed by atoms with Crippen molar-refractivity contribution >= 4 is 11.8 Å². The van der Waals surface area contributed by atoms with Gasteiger partial charge in [-0.15, -0.1) is 6.58 Å². The molecule has 1 unspecified atom stereocenters. The molecular weight excluding hydrogens is 412 g/mol. The fraction of sp³-hybridized carbons (Fsp3) is 0.357. The molecule has 5 rings (SSSR count). The molecule has 0 N–H and O–H groups in total. The van der Waals surface area contributed by atoms with Crippen LogP contribution in [0.5, 0.6) is 0 Å². The second kappa shape index (κ2) is 9.50. The van der Waals surface area contributed by atoms with Crippen LogP contribution in [0.4, 0.5) is 0 Å². The van der Waals surface area contributed by atoms with E-state index in [0.29, 0.717) is 12.5 Å². The van der Waals surface area contributed by atoms with E-state index in [1.165, 1.54) is 37.7 Å². The van der Waals surface area contributed by atoms with Gasteiger partial charge in [-0.05, 0) is 42.2 Å². The van der Waals surface area contributed by atoms with Crippen LogP contribution in [-0.4, -0.2) is 15.3 Å². The van der Waals surface area contributed by atoms with E-state index in [1.54, 1.807) is 11.8 Å². The molecule has 0 saturated heterocycles. The second-order valence-corrected chi connectivity index (χ2v) is 9.99. The van der Waals surface area contributed by atoms with E-state index in [-0.39, 0.29) is 11.5 Å². The first kappa shape index (κ1) is 21.3. The molecule has 1 heterocycles. The van der Waals surface area contributed by atoms with Crippen molar-refractivity contribution in [3.63, 3.8) is 0 Å². The summed E-state index contributed by atoms with van der Waals surface area (Å²) >= 11 is 1.60. The Balaban J connectivity index is 1.69. The average Bonchev–Trinajstić information content (AvgIpc) is 2.85. The second-order valence-electron chi connectivity index (χ2n) is 9.00. The molecule has 1 fully saturated rings. The van der Waals surface area contributed by atoms with Crippen molar-refractivity contribution in [2.24, 2.45) is 5.92 Å². The molecule has 3 nitrogen and oxygen atoms in total. The van der Waals surface area contributed by atoms with Gasteiger partial charge in [0.2, 0.25) is 0 Å². The zero-order valence-corrected chi connectivity index (χ0v) is 19.3. The molecule has 1 aromatic heterocycles. The number of benzene rings is 2. The maximum absolute atomic E-state index is 14.1. The van der Waals surface area contributed by atoms with Crippen LogP contribution >= 0.6 is 11.8 Å². The van der Waals surface area contributed by atoms with Crippen molar-refractivity contribution in [1.29, 1.82) is 0 Å². The molecule has 0 aliphatic heterocycles. The minimum Gasteiger partial charge on any atom is -0.283 e. The summed E-state index contributed by atoms with van der Waals surface area (Å²) in [7, 11) is 0. The number of nitrogens with zero attached hydrogens (tertiary/aromatic N) is 2. The summed E-state index contributed by atoms with van der Waals surface area (Å²) in [5.74, 6) is 1.57. The lowest BCUT2D eigenvalue weighted by Gasteiger charge is -2.35. The summed E-state index contributed by atoms with van der Waals surface area (Å²) in [5, 5.41) is 0.789. The topological polar surface area (TPSA) is 34.9 Å². The zero-order valence-electron chi connectivity index (χ0n) is 18.5. The van der Waals surface area contributed by atoms with E-state index in [1.807, 2.05) is 28.8 Å². The van der Waals surface area contributed by atoms with Gasteiger partial charge in [-0.3, -0.25) is 9.36 Å². The van der Waals surface area contributed by atoms with Crippen molar-refractivity contribution in [1.82, 2.24) is 9.55 Å². The van der Waals surface area contributed by atoms with Gasteiger partial charge in [0.1, 0.15) is 0 Å². The lowest BCUT2D eigenvalue weighted by Crippen LogP contribution is -2.34. The number of fused-ring (bicyclic) bond motifs is 3. The van der Waals surface area contributed by atoms with Gasteiger partial charge < -0.3 is 0 Å². The number of thioether (sulfide) groups is 1. The number of hydrogen-bond acceptors (Lipinski definition) is 3. The predicted octanol–water partition coefficient (Wildman–Crippen LogP) is 6.46. The van der Waals surface area contributed by atoms with Crippen LogP contribution in [-0.2, 0) is 13.0 Å². The summed E-state index contributed by atoms with van der Waals surface area (Å²) in [5.41, 5.74) is 5.62. The van der Waals surface area contributed by atoms with E-state index in [4.69, 9.17) is 4.98 Å². The van der Waals surface area contributed by atoms with Crippen molar-refractivity contribution in [3.8, 4) is 11.3 Å². The quantitative estimate of drug-likeness (QED) is 0.250. The van der Waals surface area contributed by atoms with Gasteiger partial charge in [0, 0.05) is 16.9 Å². The summed E-state index contributed by atoms with van der Waals surface area (Å²) in [6, 6.07) is 18.8. The Labute approximate surface area is 194 Å². The molecule has 0 bridgehead atoms. The van der Waals surface area contributed by atoms with Gasteiger partial charge in [0.15, 0.2) is 5.16 Å². The van der Waals surface area contributed by atoms with Crippen LogP contribution in [0.25, 0.3) is 11.3 Å². The minimum atomic E-state index is 0.149. The highest BCUT2D eigenvalue weighted by molar-refractivity contribution is 7.99. The molecule has 1 saturated carbocycles. The predicted molar refractivity (Wildman–Crippen MR) is 133 cm³/mol. The molecule has 0 radical (unpaired) electrons. The molecular formula is C28H30N2OS. The van der Waals surface area contributed by atoms with Gasteiger partial charge in [-0.2, -0.15) is 0 Å². The van der Waals surface area contributed by atoms with E-state index in [0.717, 1.165) is 39.7 Å². The van der Waals surface area contributed by atoms with Crippen LogP contribution in [0.15, 0.2) is 77.2 Å². The molecule has 0 spiro atoms. The Morgan fingerprint density at radius 3 is 2.56 bits per heavy atom. The normalized spacial score (nSPS) is 18.1. The first-order chi connectivity index (χ1) is 15.8. The number of hydrogen-bond donors (Lipinski definition) is 0. The van der Waals surface area contributed by atoms with Crippen molar-refractivity contribution in [2.45, 2.75) is 56.1 Å². The monoisotopic (exact) mass is 442 g/mol. The smallest absolute Gasteiger partial charge is 0.258 e. The lowest BCUT2D eigenvalue weighted by atomic mass is 9.70. The highest BCUT2D eigenvalue weighted by Gasteiger charge is 2.35. The Hall–Kier alpha value is -2.59. The molecule has 0 amide bonds. The van der Waals surface area contributed by atoms with Crippen molar-refractivity contribution < 1.29 is 0 Å². The highest BCUT2D eigenvalue weighted by atomic mass is 32.2. The van der Waals surface area contributed by atoms with Gasteiger partial charge in [-0.25, -0.2) is 4.98 Å².